The van der Waals surface area contributed by atoms with Crippen molar-refractivity contribution in [2.24, 2.45) is 4.99 Å². The van der Waals surface area contributed by atoms with E-state index in [9.17, 15) is 20.0 Å². The number of allylic oxidation sites excluding steroid dienone is 2. The van der Waals surface area contributed by atoms with Gasteiger partial charge in [-0.1, -0.05) is 42.5 Å². The fourth-order valence-corrected chi connectivity index (χ4v) is 4.07. The number of ether oxygens (including phenoxy) is 2. The second kappa shape index (κ2) is 13.4. The Morgan fingerprint density at radius 3 is 2.47 bits per heavy atom. The maximum atomic E-state index is 13.2. The summed E-state index contributed by atoms with van der Waals surface area (Å²) in [5.74, 6) is -2.21. The quantitative estimate of drug-likeness (QED) is 0.160. The van der Waals surface area contributed by atoms with E-state index in [2.05, 4.69) is 4.99 Å². The first-order chi connectivity index (χ1) is 16.7. The van der Waals surface area contributed by atoms with Crippen molar-refractivity contribution in [3.8, 4) is 0 Å². The number of hydrogen-bond donors (Lipinski definition) is 0. The van der Waals surface area contributed by atoms with E-state index >= 15 is 0 Å². The first kappa shape index (κ1) is 29.3. The molecule has 9 nitrogen and oxygen atoms in total. The summed E-state index contributed by atoms with van der Waals surface area (Å²) in [6.45, 7) is 4.60. The molecular formula is C26H28N3NaO6. The second-order valence-electron chi connectivity index (χ2n) is 8.25. The van der Waals surface area contributed by atoms with Crippen LogP contribution >= 0.6 is 0 Å². The van der Waals surface area contributed by atoms with Gasteiger partial charge in [0.2, 0.25) is 0 Å². The number of nitro benzene ring substituents is 1. The van der Waals surface area contributed by atoms with E-state index in [4.69, 9.17) is 9.47 Å². The Morgan fingerprint density at radius 1 is 1.14 bits per heavy atom. The molecule has 1 aliphatic rings. The molecule has 1 unspecified atom stereocenters. The number of likely N-dealkylation sites (N-methyl/N-ethyl adjacent to an activating group) is 1. The summed E-state index contributed by atoms with van der Waals surface area (Å²) in [6, 6.07) is 15.8. The predicted octanol–water partition coefficient (Wildman–Crippen LogP) is 0.324. The summed E-state index contributed by atoms with van der Waals surface area (Å²) in [4.78, 5) is 30.5. The zero-order valence-electron chi connectivity index (χ0n) is 21.2. The Hall–Kier alpha value is -2.98. The van der Waals surface area contributed by atoms with Crippen LogP contribution in [0.25, 0.3) is 0 Å². The number of aliphatic imine (C=N–C) groups is 1. The summed E-state index contributed by atoms with van der Waals surface area (Å²) in [7, 11) is 3.16. The number of rotatable bonds is 9. The van der Waals surface area contributed by atoms with Crippen LogP contribution in [0.3, 0.4) is 0 Å². The smallest absolute Gasteiger partial charge is 0.616 e. The molecule has 184 valence electrons. The molecule has 0 N–H and O–H groups in total. The van der Waals surface area contributed by atoms with Gasteiger partial charge in [0, 0.05) is 48.1 Å². The van der Waals surface area contributed by atoms with Crippen LogP contribution in [0.4, 0.5) is 5.69 Å². The minimum atomic E-state index is -0.908. The van der Waals surface area contributed by atoms with Gasteiger partial charge in [-0.2, -0.15) is 0 Å². The molecule has 0 saturated heterocycles. The van der Waals surface area contributed by atoms with Crippen molar-refractivity contribution in [2.75, 3.05) is 27.3 Å². The molecule has 0 spiro atoms. The topological polar surface area (TPSA) is 117 Å². The molecule has 36 heavy (non-hydrogen) atoms. The van der Waals surface area contributed by atoms with Crippen LogP contribution in [0.15, 0.2) is 82.4 Å². The van der Waals surface area contributed by atoms with Crippen molar-refractivity contribution in [1.82, 2.24) is 4.90 Å². The molecule has 0 fully saturated rings. The number of hydrogen-bond acceptors (Lipinski definition) is 8. The van der Waals surface area contributed by atoms with Crippen LogP contribution in [0.5, 0.6) is 0 Å². The van der Waals surface area contributed by atoms with Gasteiger partial charge in [-0.25, -0.2) is 4.79 Å². The van der Waals surface area contributed by atoms with Crippen molar-refractivity contribution in [1.29, 1.82) is 0 Å². The maximum absolute atomic E-state index is 13.2. The summed E-state index contributed by atoms with van der Waals surface area (Å²) in [5, 5.41) is 24.0. The molecule has 1 atom stereocenters. The van der Waals surface area contributed by atoms with E-state index in [1.807, 2.05) is 42.3 Å². The first-order valence-corrected chi connectivity index (χ1v) is 11.1. The Morgan fingerprint density at radius 2 is 1.83 bits per heavy atom. The van der Waals surface area contributed by atoms with Gasteiger partial charge in [0.25, 0.3) is 5.69 Å². The second-order valence-corrected chi connectivity index (χ2v) is 8.25. The van der Waals surface area contributed by atoms with Gasteiger partial charge in [0.1, 0.15) is 6.61 Å². The van der Waals surface area contributed by atoms with Crippen molar-refractivity contribution in [3.63, 3.8) is 0 Å². The predicted molar refractivity (Wildman–Crippen MR) is 129 cm³/mol. The molecule has 10 heteroatoms. The summed E-state index contributed by atoms with van der Waals surface area (Å²) < 4.78 is 10.5. The Labute approximate surface area is 232 Å². The fraction of sp³-hybridized carbons (Fsp3) is 0.308. The van der Waals surface area contributed by atoms with Crippen LogP contribution < -0.4 is 34.7 Å². The Balaban J connectivity index is 0.00000456. The molecule has 2 aromatic carbocycles. The maximum Gasteiger partial charge on any atom is 1.00 e. The standard InChI is InChI=1S/C26H29N3O6.Na/c1-17-22(25(30)34-4)24(20-11-8-12-21(15-20)29(32)33)23(18(2)27-17)26(31)35-14-13-28(3)16-19-9-6-5-7-10-19;/h5-12,15,24,30H,13-14,16H2,1-4H3;/q;+1/p-1/b25-22+;. The average molecular weight is 502 g/mol. The zero-order valence-corrected chi connectivity index (χ0v) is 23.2. The van der Waals surface area contributed by atoms with Gasteiger partial charge in [0.15, 0.2) is 0 Å². The van der Waals surface area contributed by atoms with E-state index in [0.29, 0.717) is 30.1 Å². The third-order valence-electron chi connectivity index (χ3n) is 5.73. The van der Waals surface area contributed by atoms with Crippen molar-refractivity contribution in [3.05, 3.63) is 98.6 Å². The van der Waals surface area contributed by atoms with Gasteiger partial charge in [-0.15, -0.1) is 0 Å². The van der Waals surface area contributed by atoms with Crippen molar-refractivity contribution >= 4 is 17.4 Å². The zero-order chi connectivity index (χ0) is 25.5. The third kappa shape index (κ3) is 7.04. The molecule has 0 saturated carbocycles. The van der Waals surface area contributed by atoms with E-state index in [1.165, 1.54) is 25.3 Å². The average Bonchev–Trinajstić information content (AvgIpc) is 2.83. The van der Waals surface area contributed by atoms with Crippen LogP contribution in [-0.2, 0) is 20.8 Å². The fourth-order valence-electron chi connectivity index (χ4n) is 4.07. The van der Waals surface area contributed by atoms with Crippen LogP contribution in [-0.4, -0.2) is 48.8 Å². The molecule has 1 heterocycles. The van der Waals surface area contributed by atoms with Crippen molar-refractivity contribution in [2.45, 2.75) is 26.3 Å². The Bertz CT molecular complexity index is 1190. The molecule has 0 aliphatic carbocycles. The van der Waals surface area contributed by atoms with E-state index in [-0.39, 0.29) is 53.0 Å². The van der Waals surface area contributed by atoms with Crippen LogP contribution in [0, 0.1) is 10.1 Å². The largest absolute Gasteiger partial charge is 1.00 e. The molecule has 0 radical (unpaired) electrons. The number of nitrogens with zero attached hydrogens (tertiary/aromatic N) is 3. The molecule has 0 bridgehead atoms. The monoisotopic (exact) mass is 501 g/mol. The van der Waals surface area contributed by atoms with E-state index in [0.717, 1.165) is 5.56 Å². The van der Waals surface area contributed by atoms with E-state index < -0.39 is 22.8 Å². The third-order valence-corrected chi connectivity index (χ3v) is 5.73. The molecular weight excluding hydrogens is 473 g/mol. The van der Waals surface area contributed by atoms with Gasteiger partial charge < -0.3 is 14.6 Å². The van der Waals surface area contributed by atoms with Crippen molar-refractivity contribution < 1.29 is 53.9 Å². The van der Waals surface area contributed by atoms with E-state index in [1.54, 1.807) is 19.9 Å². The minimum Gasteiger partial charge on any atom is -0.616 e. The summed E-state index contributed by atoms with van der Waals surface area (Å²) in [6.07, 6.45) is 0. The molecule has 0 aromatic heterocycles. The van der Waals surface area contributed by atoms with Crippen LogP contribution in [0.2, 0.25) is 0 Å². The SMILES string of the molecule is CO/C([O-])=C1\C(C)=NC(C)=C(C(=O)OCCN(C)Cc2ccccc2)C1c1cccc([N+](=O)[O-])c1.[Na+]. The number of non-ortho nitro benzene ring substituents is 1. The summed E-state index contributed by atoms with van der Waals surface area (Å²) >= 11 is 0. The normalized spacial score (nSPS) is 16.7. The van der Waals surface area contributed by atoms with Gasteiger partial charge in [-0.3, -0.25) is 20.0 Å². The van der Waals surface area contributed by atoms with Gasteiger partial charge >= 0.3 is 35.5 Å². The van der Waals surface area contributed by atoms with Crippen LogP contribution in [0.1, 0.15) is 30.9 Å². The number of carbonyl (C=O) groups is 1. The van der Waals surface area contributed by atoms with Gasteiger partial charge in [0.05, 0.1) is 16.4 Å². The molecule has 0 amide bonds. The van der Waals surface area contributed by atoms with Gasteiger partial charge in [-0.05, 0) is 39.1 Å². The Kier molecular flexibility index (Phi) is 10.9. The number of benzene rings is 2. The molecule has 1 aliphatic heterocycles. The number of carbonyl (C=O) groups excluding carboxylic acids is 1. The summed E-state index contributed by atoms with van der Waals surface area (Å²) in [5.41, 5.74) is 2.45. The number of esters is 1. The number of nitro groups is 1. The first-order valence-electron chi connectivity index (χ1n) is 11.1. The molecule has 3 rings (SSSR count). The number of methoxy groups -OCH3 is 1. The molecule has 2 aromatic rings. The minimum absolute atomic E-state index is 0.